The fourth-order valence-electron chi connectivity index (χ4n) is 4.08. The molecule has 0 atom stereocenters. The van der Waals surface area contributed by atoms with Crippen LogP contribution in [0.5, 0.6) is 0 Å². The minimum atomic E-state index is -0.625. The molecule has 1 aromatic carbocycles. The molecule has 0 radical (unpaired) electrons. The summed E-state index contributed by atoms with van der Waals surface area (Å²) in [6.07, 6.45) is 5.67. The molecule has 3 rings (SSSR count). The molecule has 1 saturated carbocycles. The number of carbonyl (C=O) groups is 2. The molecular formula is C23H31NO3. The van der Waals surface area contributed by atoms with Crippen LogP contribution in [0, 0.1) is 12.3 Å². The molecular weight excluding hydrogens is 338 g/mol. The third-order valence-corrected chi connectivity index (χ3v) is 5.67. The second kappa shape index (κ2) is 7.14. The average Bonchev–Trinajstić information content (AvgIpc) is 2.86. The Morgan fingerprint density at radius 3 is 2.44 bits per heavy atom. The highest BCUT2D eigenvalue weighted by Gasteiger charge is 2.49. The Hall–Kier alpha value is -2.10. The highest BCUT2D eigenvalue weighted by molar-refractivity contribution is 6.24. The van der Waals surface area contributed by atoms with Crippen molar-refractivity contribution in [3.8, 4) is 0 Å². The lowest BCUT2D eigenvalue weighted by Crippen LogP contribution is -2.47. The second-order valence-electron chi connectivity index (χ2n) is 8.95. The predicted molar refractivity (Wildman–Crippen MR) is 107 cm³/mol. The van der Waals surface area contributed by atoms with Crippen LogP contribution >= 0.6 is 0 Å². The molecule has 1 aromatic rings. The van der Waals surface area contributed by atoms with E-state index in [1.165, 1.54) is 0 Å². The van der Waals surface area contributed by atoms with Gasteiger partial charge in [-0.05, 0) is 58.1 Å². The van der Waals surface area contributed by atoms with Crippen molar-refractivity contribution in [1.29, 1.82) is 0 Å². The molecule has 146 valence electrons. The van der Waals surface area contributed by atoms with Crippen LogP contribution in [0.15, 0.2) is 24.0 Å². The van der Waals surface area contributed by atoms with Crippen molar-refractivity contribution in [3.63, 3.8) is 0 Å². The number of ether oxygens (including phenoxy) is 1. The third kappa shape index (κ3) is 3.67. The van der Waals surface area contributed by atoms with E-state index in [1.807, 2.05) is 32.9 Å². The molecule has 27 heavy (non-hydrogen) atoms. The molecule has 4 nitrogen and oxygen atoms in total. The van der Waals surface area contributed by atoms with Crippen LogP contribution in [0.25, 0.3) is 5.57 Å². The molecule has 1 amide bonds. The Labute approximate surface area is 162 Å². The molecule has 1 N–H and O–H groups in total. The number of carbonyl (C=O) groups excluding carboxylic acids is 2. The lowest BCUT2D eigenvalue weighted by atomic mass is 9.80. The van der Waals surface area contributed by atoms with Gasteiger partial charge in [-0.1, -0.05) is 49.9 Å². The minimum absolute atomic E-state index is 0.118. The largest absolute Gasteiger partial charge is 0.427 e. The molecule has 0 unspecified atom stereocenters. The third-order valence-electron chi connectivity index (χ3n) is 5.67. The van der Waals surface area contributed by atoms with E-state index in [-0.39, 0.29) is 11.9 Å². The Morgan fingerprint density at radius 2 is 1.85 bits per heavy atom. The van der Waals surface area contributed by atoms with Crippen LogP contribution in [-0.2, 0) is 20.7 Å². The van der Waals surface area contributed by atoms with Crippen LogP contribution in [0.4, 0.5) is 0 Å². The molecule has 4 heteroatoms. The smallest absolute Gasteiger partial charge is 0.316 e. The first-order chi connectivity index (χ1) is 12.7. The molecule has 1 fully saturated rings. The van der Waals surface area contributed by atoms with Crippen molar-refractivity contribution in [2.45, 2.75) is 78.7 Å². The van der Waals surface area contributed by atoms with Gasteiger partial charge in [-0.15, -0.1) is 0 Å². The Morgan fingerprint density at radius 1 is 1.19 bits per heavy atom. The maximum atomic E-state index is 13.1. The van der Waals surface area contributed by atoms with Crippen molar-refractivity contribution >= 4 is 17.4 Å². The van der Waals surface area contributed by atoms with Crippen molar-refractivity contribution in [2.24, 2.45) is 5.41 Å². The summed E-state index contributed by atoms with van der Waals surface area (Å²) >= 11 is 0. The maximum absolute atomic E-state index is 13.1. The van der Waals surface area contributed by atoms with Gasteiger partial charge in [0.2, 0.25) is 0 Å². The molecule has 0 bridgehead atoms. The van der Waals surface area contributed by atoms with Crippen LogP contribution in [0.3, 0.4) is 0 Å². The lowest BCUT2D eigenvalue weighted by molar-refractivity contribution is -0.149. The molecule has 1 heterocycles. The minimum Gasteiger partial charge on any atom is -0.427 e. The van der Waals surface area contributed by atoms with Crippen LogP contribution in [0.1, 0.15) is 76.5 Å². The summed E-state index contributed by atoms with van der Waals surface area (Å²) in [6.45, 7) is 9.67. The van der Waals surface area contributed by atoms with Gasteiger partial charge >= 0.3 is 5.97 Å². The van der Waals surface area contributed by atoms with Crippen molar-refractivity contribution < 1.29 is 14.3 Å². The van der Waals surface area contributed by atoms with Gasteiger partial charge in [0.05, 0.1) is 16.5 Å². The van der Waals surface area contributed by atoms with Crippen LogP contribution < -0.4 is 5.32 Å². The van der Waals surface area contributed by atoms with Gasteiger partial charge in [-0.25, -0.2) is 0 Å². The maximum Gasteiger partial charge on any atom is 0.316 e. The topological polar surface area (TPSA) is 55.4 Å². The molecule has 1 spiro atoms. The van der Waals surface area contributed by atoms with Crippen molar-refractivity contribution in [3.05, 3.63) is 40.6 Å². The van der Waals surface area contributed by atoms with E-state index in [0.717, 1.165) is 55.2 Å². The summed E-state index contributed by atoms with van der Waals surface area (Å²) < 4.78 is 5.99. The summed E-state index contributed by atoms with van der Waals surface area (Å²) in [5.74, 6) is 0.138. The molecule has 1 aliphatic heterocycles. The van der Waals surface area contributed by atoms with Crippen molar-refractivity contribution in [2.75, 3.05) is 0 Å². The Kier molecular flexibility index (Phi) is 5.20. The summed E-state index contributed by atoms with van der Waals surface area (Å²) in [6, 6.07) is 6.13. The summed E-state index contributed by atoms with van der Waals surface area (Å²) in [5, 5.41) is 3.20. The first-order valence-electron chi connectivity index (χ1n) is 10.1. The van der Waals surface area contributed by atoms with Crippen molar-refractivity contribution in [1.82, 2.24) is 5.32 Å². The summed E-state index contributed by atoms with van der Waals surface area (Å²) in [7, 11) is 0. The van der Waals surface area contributed by atoms with Gasteiger partial charge in [-0.2, -0.15) is 0 Å². The van der Waals surface area contributed by atoms with Gasteiger partial charge in [0.15, 0.2) is 0 Å². The number of hydrogen-bond acceptors (Lipinski definition) is 3. The van der Waals surface area contributed by atoms with Gasteiger partial charge in [0, 0.05) is 0 Å². The number of nitrogens with one attached hydrogen (secondary N) is 1. The van der Waals surface area contributed by atoms with E-state index >= 15 is 0 Å². The number of rotatable bonds is 3. The number of esters is 1. The monoisotopic (exact) mass is 369 g/mol. The molecule has 2 aliphatic rings. The molecule has 1 aliphatic carbocycles. The highest BCUT2D eigenvalue weighted by Crippen LogP contribution is 2.44. The normalized spacial score (nSPS) is 19.4. The van der Waals surface area contributed by atoms with E-state index in [0.29, 0.717) is 11.3 Å². The first-order valence-corrected chi connectivity index (χ1v) is 10.1. The number of aryl methyl sites for hydroxylation is 2. The van der Waals surface area contributed by atoms with E-state index in [2.05, 4.69) is 25.2 Å². The Balaban J connectivity index is 2.17. The summed E-state index contributed by atoms with van der Waals surface area (Å²) in [5.41, 5.74) is 2.54. The van der Waals surface area contributed by atoms with E-state index in [4.69, 9.17) is 4.74 Å². The first kappa shape index (κ1) is 19.7. The van der Waals surface area contributed by atoms with Crippen LogP contribution in [-0.4, -0.2) is 17.4 Å². The fourth-order valence-corrected chi connectivity index (χ4v) is 4.08. The Bertz CT molecular complexity index is 792. The SMILES string of the molecule is CCc1cc(C)ccc1C1=C(OC(=O)C(C)(C)C)C2(CCCCC2)NC1=O. The zero-order valence-corrected chi connectivity index (χ0v) is 17.2. The number of amides is 1. The van der Waals surface area contributed by atoms with Gasteiger partial charge < -0.3 is 10.1 Å². The molecule has 0 saturated heterocycles. The van der Waals surface area contributed by atoms with E-state index in [1.54, 1.807) is 0 Å². The zero-order valence-electron chi connectivity index (χ0n) is 17.2. The van der Waals surface area contributed by atoms with E-state index in [9.17, 15) is 9.59 Å². The highest BCUT2D eigenvalue weighted by atomic mass is 16.5. The fraction of sp³-hybridized carbons (Fsp3) is 0.565. The summed E-state index contributed by atoms with van der Waals surface area (Å²) in [4.78, 5) is 25.8. The molecule has 0 aromatic heterocycles. The van der Waals surface area contributed by atoms with Gasteiger partial charge in [-0.3, -0.25) is 9.59 Å². The predicted octanol–water partition coefficient (Wildman–Crippen LogP) is 4.69. The average molecular weight is 370 g/mol. The standard InChI is InChI=1S/C23H31NO3/c1-6-16-14-15(2)10-11-17(16)18-19(27-21(26)22(3,4)5)23(24-20(18)25)12-8-7-9-13-23/h10-11,14H,6-9,12-13H2,1-5H3,(H,24,25). The number of benzene rings is 1. The van der Waals surface area contributed by atoms with E-state index < -0.39 is 11.0 Å². The quantitative estimate of drug-likeness (QED) is 0.786. The zero-order chi connectivity index (χ0) is 19.8. The van der Waals surface area contributed by atoms with Crippen LogP contribution in [0.2, 0.25) is 0 Å². The van der Waals surface area contributed by atoms with Gasteiger partial charge in [0.1, 0.15) is 5.76 Å². The second-order valence-corrected chi connectivity index (χ2v) is 8.95. The lowest BCUT2D eigenvalue weighted by Gasteiger charge is -2.35. The number of hydrogen-bond donors (Lipinski definition) is 1. The van der Waals surface area contributed by atoms with Gasteiger partial charge in [0.25, 0.3) is 5.91 Å².